The lowest BCUT2D eigenvalue weighted by Gasteiger charge is -2.12. The molecule has 3 N–H and O–H groups in total. The van der Waals surface area contributed by atoms with Gasteiger partial charge in [0.2, 0.25) is 5.91 Å². The van der Waals surface area contributed by atoms with Gasteiger partial charge >= 0.3 is 0 Å². The molecule has 0 radical (unpaired) electrons. The SMILES string of the molecule is N#Cc1cc(N)c(Cc2ccc(Cl)cc2)n1CC(=O)Nc1ccc(F)cc1. The first-order valence-electron chi connectivity index (χ1n) is 8.14. The number of halogens is 2. The Morgan fingerprint density at radius 2 is 1.85 bits per heavy atom. The van der Waals surface area contributed by atoms with Gasteiger partial charge in [0, 0.05) is 22.8 Å². The Labute approximate surface area is 160 Å². The summed E-state index contributed by atoms with van der Waals surface area (Å²) >= 11 is 5.91. The summed E-state index contributed by atoms with van der Waals surface area (Å²) in [4.78, 5) is 12.4. The Morgan fingerprint density at radius 3 is 2.48 bits per heavy atom. The lowest BCUT2D eigenvalue weighted by molar-refractivity contribution is -0.116. The minimum Gasteiger partial charge on any atom is -0.397 e. The van der Waals surface area contributed by atoms with E-state index in [1.165, 1.54) is 24.3 Å². The molecule has 1 aromatic heterocycles. The summed E-state index contributed by atoms with van der Waals surface area (Å²) in [6.07, 6.45) is 0.453. The van der Waals surface area contributed by atoms with Crippen LogP contribution < -0.4 is 11.1 Å². The van der Waals surface area contributed by atoms with Crippen molar-refractivity contribution < 1.29 is 9.18 Å². The van der Waals surface area contributed by atoms with Crippen molar-refractivity contribution in [1.29, 1.82) is 5.26 Å². The Kier molecular flexibility index (Phi) is 5.43. The van der Waals surface area contributed by atoms with Gasteiger partial charge in [0.15, 0.2) is 0 Å². The molecule has 0 unspecified atom stereocenters. The zero-order chi connectivity index (χ0) is 19.4. The number of aromatic nitrogens is 1. The normalized spacial score (nSPS) is 10.4. The Hall–Kier alpha value is -3.30. The number of carbonyl (C=O) groups is 1. The van der Waals surface area contributed by atoms with E-state index in [-0.39, 0.29) is 18.3 Å². The number of nitrogens with zero attached hydrogens (tertiary/aromatic N) is 2. The summed E-state index contributed by atoms with van der Waals surface area (Å²) in [6.45, 7) is -0.0829. The number of carbonyl (C=O) groups excluding carboxylic acids is 1. The molecular weight excluding hydrogens is 367 g/mol. The van der Waals surface area contributed by atoms with Crippen LogP contribution in [-0.2, 0) is 17.8 Å². The van der Waals surface area contributed by atoms with Crippen LogP contribution in [-0.4, -0.2) is 10.5 Å². The third kappa shape index (κ3) is 4.46. The van der Waals surface area contributed by atoms with Crippen molar-refractivity contribution in [3.63, 3.8) is 0 Å². The molecule has 3 rings (SSSR count). The van der Waals surface area contributed by atoms with E-state index in [2.05, 4.69) is 11.4 Å². The highest BCUT2D eigenvalue weighted by atomic mass is 35.5. The maximum Gasteiger partial charge on any atom is 0.244 e. The molecule has 0 atom stereocenters. The van der Waals surface area contributed by atoms with Crippen LogP contribution in [0.1, 0.15) is 17.0 Å². The standard InChI is InChI=1S/C20H16ClFN4O/c21-14-3-1-13(2-4-14)9-19-18(24)10-17(11-23)26(19)12-20(27)25-16-7-5-15(22)6-8-16/h1-8,10H,9,12,24H2,(H,25,27). The summed E-state index contributed by atoms with van der Waals surface area (Å²) in [7, 11) is 0. The van der Waals surface area contributed by atoms with Gasteiger partial charge < -0.3 is 15.6 Å². The molecule has 0 aliphatic heterocycles. The molecule has 3 aromatic rings. The van der Waals surface area contributed by atoms with Crippen LogP contribution in [0.15, 0.2) is 54.6 Å². The first kappa shape index (κ1) is 18.5. The number of hydrogen-bond acceptors (Lipinski definition) is 3. The van der Waals surface area contributed by atoms with Crippen LogP contribution in [0.5, 0.6) is 0 Å². The molecule has 0 saturated carbocycles. The average molecular weight is 383 g/mol. The van der Waals surface area contributed by atoms with Crippen LogP contribution in [0.3, 0.4) is 0 Å². The molecule has 5 nitrogen and oxygen atoms in total. The maximum atomic E-state index is 13.0. The monoisotopic (exact) mass is 382 g/mol. The van der Waals surface area contributed by atoms with E-state index in [0.29, 0.717) is 34.2 Å². The lowest BCUT2D eigenvalue weighted by Crippen LogP contribution is -2.21. The van der Waals surface area contributed by atoms with Gasteiger partial charge in [0.25, 0.3) is 0 Å². The quantitative estimate of drug-likeness (QED) is 0.700. The van der Waals surface area contributed by atoms with Gasteiger partial charge in [-0.2, -0.15) is 5.26 Å². The molecule has 7 heteroatoms. The number of amides is 1. The van der Waals surface area contributed by atoms with Gasteiger partial charge in [-0.25, -0.2) is 4.39 Å². The summed E-state index contributed by atoms with van der Waals surface area (Å²) in [5, 5.41) is 12.7. The van der Waals surface area contributed by atoms with Crippen molar-refractivity contribution in [3.05, 3.63) is 82.4 Å². The summed E-state index contributed by atoms with van der Waals surface area (Å²) < 4.78 is 14.6. The van der Waals surface area contributed by atoms with Gasteiger partial charge in [-0.15, -0.1) is 0 Å². The fraction of sp³-hybridized carbons (Fsp3) is 0.100. The smallest absolute Gasteiger partial charge is 0.244 e. The van der Waals surface area contributed by atoms with Crippen LogP contribution in [0.25, 0.3) is 0 Å². The molecule has 0 aliphatic carbocycles. The number of nitrogens with one attached hydrogen (secondary N) is 1. The van der Waals surface area contributed by atoms with E-state index in [0.717, 1.165) is 5.56 Å². The second-order valence-corrected chi connectivity index (χ2v) is 6.42. The number of nitrogens with two attached hydrogens (primary N) is 1. The number of nitriles is 1. The van der Waals surface area contributed by atoms with Crippen molar-refractivity contribution in [2.45, 2.75) is 13.0 Å². The van der Waals surface area contributed by atoms with Crippen LogP contribution in [0.2, 0.25) is 5.02 Å². The predicted octanol–water partition coefficient (Wildman–Crippen LogP) is 3.96. The molecular formula is C20H16ClFN4O. The number of anilines is 2. The molecule has 2 aromatic carbocycles. The van der Waals surface area contributed by atoms with E-state index in [1.807, 2.05) is 12.1 Å². The number of hydrogen-bond donors (Lipinski definition) is 2. The number of rotatable bonds is 5. The van der Waals surface area contributed by atoms with E-state index in [1.54, 1.807) is 22.8 Å². The third-order valence-corrected chi connectivity index (χ3v) is 4.32. The summed E-state index contributed by atoms with van der Waals surface area (Å²) in [5.41, 5.74) is 8.90. The zero-order valence-corrected chi connectivity index (χ0v) is 15.0. The molecule has 136 valence electrons. The van der Waals surface area contributed by atoms with Crippen molar-refractivity contribution in [2.24, 2.45) is 0 Å². The minimum atomic E-state index is -0.386. The maximum absolute atomic E-state index is 13.0. The van der Waals surface area contributed by atoms with Crippen LogP contribution >= 0.6 is 11.6 Å². The highest BCUT2D eigenvalue weighted by molar-refractivity contribution is 6.30. The van der Waals surface area contributed by atoms with Crippen molar-refractivity contribution >= 4 is 28.9 Å². The van der Waals surface area contributed by atoms with E-state index >= 15 is 0 Å². The average Bonchev–Trinajstić information content (AvgIpc) is 2.94. The van der Waals surface area contributed by atoms with Crippen molar-refractivity contribution in [2.75, 3.05) is 11.1 Å². The van der Waals surface area contributed by atoms with Crippen molar-refractivity contribution in [1.82, 2.24) is 4.57 Å². The summed E-state index contributed by atoms with van der Waals surface area (Å²) in [5.74, 6) is -0.728. The number of benzene rings is 2. The molecule has 0 bridgehead atoms. The predicted molar refractivity (Wildman–Crippen MR) is 103 cm³/mol. The van der Waals surface area contributed by atoms with Gasteiger partial charge in [-0.3, -0.25) is 4.79 Å². The van der Waals surface area contributed by atoms with Gasteiger partial charge in [-0.1, -0.05) is 23.7 Å². The third-order valence-electron chi connectivity index (χ3n) is 4.07. The highest BCUT2D eigenvalue weighted by Crippen LogP contribution is 2.23. The first-order valence-corrected chi connectivity index (χ1v) is 8.52. The van der Waals surface area contributed by atoms with E-state index in [9.17, 15) is 14.4 Å². The van der Waals surface area contributed by atoms with E-state index < -0.39 is 0 Å². The Bertz CT molecular complexity index is 1000. The molecule has 1 amide bonds. The van der Waals surface area contributed by atoms with Gasteiger partial charge in [0.1, 0.15) is 24.1 Å². The van der Waals surface area contributed by atoms with Gasteiger partial charge in [-0.05, 0) is 48.0 Å². The second kappa shape index (κ2) is 7.94. The van der Waals surface area contributed by atoms with Crippen molar-refractivity contribution in [3.8, 4) is 6.07 Å². The highest BCUT2D eigenvalue weighted by Gasteiger charge is 2.16. The molecule has 0 spiro atoms. The topological polar surface area (TPSA) is 83.8 Å². The number of nitrogen functional groups attached to an aromatic ring is 1. The van der Waals surface area contributed by atoms with Gasteiger partial charge in [0.05, 0.1) is 5.69 Å². The first-order chi connectivity index (χ1) is 13.0. The Balaban J connectivity index is 1.83. The molecule has 27 heavy (non-hydrogen) atoms. The zero-order valence-electron chi connectivity index (χ0n) is 14.2. The van der Waals surface area contributed by atoms with Crippen LogP contribution in [0, 0.1) is 17.1 Å². The Morgan fingerprint density at radius 1 is 1.19 bits per heavy atom. The minimum absolute atomic E-state index is 0.0829. The fourth-order valence-corrected chi connectivity index (χ4v) is 2.88. The largest absolute Gasteiger partial charge is 0.397 e. The second-order valence-electron chi connectivity index (χ2n) is 5.99. The lowest BCUT2D eigenvalue weighted by atomic mass is 10.1. The van der Waals surface area contributed by atoms with E-state index in [4.69, 9.17) is 17.3 Å². The molecule has 1 heterocycles. The van der Waals surface area contributed by atoms with Crippen LogP contribution in [0.4, 0.5) is 15.8 Å². The summed E-state index contributed by atoms with van der Waals surface area (Å²) in [6, 6.07) is 16.3. The molecule has 0 aliphatic rings. The fourth-order valence-electron chi connectivity index (χ4n) is 2.75. The molecule has 0 saturated heterocycles. The molecule has 0 fully saturated rings.